The fourth-order valence-corrected chi connectivity index (χ4v) is 5.28. The lowest BCUT2D eigenvalue weighted by Gasteiger charge is -2.31. The highest BCUT2D eigenvalue weighted by Gasteiger charge is 2.24. The van der Waals surface area contributed by atoms with Gasteiger partial charge in [-0.1, -0.05) is 69.9 Å². The third kappa shape index (κ3) is 8.15. The number of oxazole rings is 1. The molecule has 0 fully saturated rings. The van der Waals surface area contributed by atoms with Crippen LogP contribution in [0.15, 0.2) is 57.7 Å². The summed E-state index contributed by atoms with van der Waals surface area (Å²) in [6.07, 6.45) is 0.448. The molecule has 8 heteroatoms. The molecule has 0 aliphatic heterocycles. The molecule has 3 aromatic rings. The largest absolute Gasteiger partial charge is 0.421 e. The molecule has 1 unspecified atom stereocenters. The van der Waals surface area contributed by atoms with Gasteiger partial charge in [-0.05, 0) is 55.2 Å². The number of hydrogen-bond donors (Lipinski definition) is 1. The smallest absolute Gasteiger partial charge is 0.408 e. The fourth-order valence-electron chi connectivity index (χ4n) is 4.52. The molecular weight excluding hydrogens is 482 g/mol. The normalized spacial score (nSPS) is 14.6. The highest BCUT2D eigenvalue weighted by molar-refractivity contribution is 6.76. The number of fused-ring (bicyclic) bond motifs is 1. The second kappa shape index (κ2) is 12.7. The lowest BCUT2D eigenvalue weighted by Crippen LogP contribution is -2.43. The molecule has 0 radical (unpaired) electrons. The molecule has 0 bridgehead atoms. The molecule has 1 heterocycles. The third-order valence-corrected chi connectivity index (χ3v) is 8.75. The standard InChI is InChI=1S/C29H43N3O4Si/c1-21(23-11-9-8-10-12-23)17-28(33)30-19-26(31(3)4)22(2)24-13-14-25-27(18-24)36-29(34)32(25)20-35-15-16-37(5,6)7/h8-14,18,21-22,26H,15-17,19-20H2,1-7H3,(H,30,33)/t21-,22?,26+/m0/s1. The van der Waals surface area contributed by atoms with Crippen LogP contribution in [0, 0.1) is 0 Å². The average Bonchev–Trinajstić information content (AvgIpc) is 3.15. The molecule has 0 saturated heterocycles. The van der Waals surface area contributed by atoms with E-state index in [1.807, 2.05) is 50.5 Å². The molecule has 0 aliphatic carbocycles. The number of rotatable bonds is 13. The van der Waals surface area contributed by atoms with Crippen molar-refractivity contribution in [2.24, 2.45) is 0 Å². The van der Waals surface area contributed by atoms with Gasteiger partial charge in [0, 0.05) is 33.7 Å². The second-order valence-corrected chi connectivity index (χ2v) is 17.1. The first-order valence-electron chi connectivity index (χ1n) is 13.2. The average molecular weight is 526 g/mol. The molecule has 0 saturated carbocycles. The van der Waals surface area contributed by atoms with Crippen molar-refractivity contribution in [2.45, 2.75) is 70.6 Å². The Morgan fingerprint density at radius 2 is 1.78 bits per heavy atom. The Hall–Kier alpha value is -2.68. The predicted molar refractivity (Wildman–Crippen MR) is 153 cm³/mol. The van der Waals surface area contributed by atoms with Gasteiger partial charge in [0.2, 0.25) is 5.91 Å². The van der Waals surface area contributed by atoms with Crippen molar-refractivity contribution in [1.82, 2.24) is 14.8 Å². The Kier molecular flexibility index (Phi) is 9.92. The SMILES string of the molecule is CC(c1ccc2c(c1)oc(=O)n2COCC[Si](C)(C)C)[C@@H](CNC(=O)C[C@H](C)c1ccccc1)N(C)C. The van der Waals surface area contributed by atoms with E-state index in [0.717, 1.165) is 17.1 Å². The van der Waals surface area contributed by atoms with Crippen molar-refractivity contribution in [3.05, 3.63) is 70.2 Å². The predicted octanol–water partition coefficient (Wildman–Crippen LogP) is 5.25. The van der Waals surface area contributed by atoms with Gasteiger partial charge in [0.15, 0.2) is 5.58 Å². The molecule has 202 valence electrons. The van der Waals surface area contributed by atoms with E-state index in [1.54, 1.807) is 4.57 Å². The quantitative estimate of drug-likeness (QED) is 0.244. The third-order valence-electron chi connectivity index (χ3n) is 7.04. The van der Waals surface area contributed by atoms with E-state index >= 15 is 0 Å². The molecule has 0 aliphatic rings. The molecular formula is C29H43N3O4Si. The highest BCUT2D eigenvalue weighted by atomic mass is 28.3. The first-order valence-corrected chi connectivity index (χ1v) is 16.9. The maximum atomic E-state index is 12.7. The first-order chi connectivity index (χ1) is 17.5. The number of likely N-dealkylation sites (N-methyl/N-ethyl adjacent to an activating group) is 1. The molecule has 3 atom stereocenters. The molecule has 2 aromatic carbocycles. The number of carbonyl (C=O) groups excluding carboxylic acids is 1. The lowest BCUT2D eigenvalue weighted by molar-refractivity contribution is -0.121. The maximum Gasteiger partial charge on any atom is 0.421 e. The zero-order chi connectivity index (χ0) is 27.2. The van der Waals surface area contributed by atoms with Crippen molar-refractivity contribution in [3.8, 4) is 0 Å². The summed E-state index contributed by atoms with van der Waals surface area (Å²) in [6, 6.07) is 17.1. The Morgan fingerprint density at radius 1 is 1.08 bits per heavy atom. The Balaban J connectivity index is 1.64. The minimum Gasteiger partial charge on any atom is -0.408 e. The van der Waals surface area contributed by atoms with E-state index in [9.17, 15) is 9.59 Å². The van der Waals surface area contributed by atoms with E-state index in [2.05, 4.69) is 55.8 Å². The van der Waals surface area contributed by atoms with Crippen molar-refractivity contribution < 1.29 is 13.9 Å². The number of hydrogen-bond acceptors (Lipinski definition) is 5. The summed E-state index contributed by atoms with van der Waals surface area (Å²) < 4.78 is 12.9. The lowest BCUT2D eigenvalue weighted by atomic mass is 9.92. The van der Waals surface area contributed by atoms with Crippen LogP contribution in [0.4, 0.5) is 0 Å². The van der Waals surface area contributed by atoms with E-state index in [4.69, 9.17) is 9.15 Å². The summed E-state index contributed by atoms with van der Waals surface area (Å²) in [6.45, 7) is 12.5. The zero-order valence-electron chi connectivity index (χ0n) is 23.4. The maximum absolute atomic E-state index is 12.7. The topological polar surface area (TPSA) is 76.7 Å². The summed E-state index contributed by atoms with van der Waals surface area (Å²) in [5.41, 5.74) is 3.51. The fraction of sp³-hybridized carbons (Fsp3) is 0.517. The van der Waals surface area contributed by atoms with Crippen LogP contribution in [0.5, 0.6) is 0 Å². The van der Waals surface area contributed by atoms with Crippen LogP contribution in [0.25, 0.3) is 11.1 Å². The van der Waals surface area contributed by atoms with Crippen LogP contribution in [0.2, 0.25) is 25.7 Å². The van der Waals surface area contributed by atoms with Gasteiger partial charge < -0.3 is 19.4 Å². The summed E-state index contributed by atoms with van der Waals surface area (Å²) >= 11 is 0. The van der Waals surface area contributed by atoms with Crippen molar-refractivity contribution in [2.75, 3.05) is 27.2 Å². The van der Waals surface area contributed by atoms with E-state index < -0.39 is 13.8 Å². The minimum absolute atomic E-state index is 0.0445. The van der Waals surface area contributed by atoms with Crippen LogP contribution in [-0.4, -0.2) is 56.7 Å². The molecule has 37 heavy (non-hydrogen) atoms. The summed E-state index contributed by atoms with van der Waals surface area (Å²) in [5.74, 6) is -0.0991. The van der Waals surface area contributed by atoms with Crippen molar-refractivity contribution in [3.63, 3.8) is 0 Å². The number of carbonyl (C=O) groups is 1. The summed E-state index contributed by atoms with van der Waals surface area (Å²) in [4.78, 5) is 27.3. The van der Waals surface area contributed by atoms with Gasteiger partial charge in [-0.3, -0.25) is 4.79 Å². The number of amides is 1. The number of benzene rings is 2. The first kappa shape index (κ1) is 28.9. The summed E-state index contributed by atoms with van der Waals surface area (Å²) in [5, 5.41) is 3.13. The number of nitrogens with zero attached hydrogens (tertiary/aromatic N) is 2. The molecule has 1 aromatic heterocycles. The molecule has 0 spiro atoms. The number of aromatic nitrogens is 1. The Labute approximate surface area is 221 Å². The van der Waals surface area contributed by atoms with E-state index in [0.29, 0.717) is 25.2 Å². The van der Waals surface area contributed by atoms with Gasteiger partial charge in [0.1, 0.15) is 6.73 Å². The number of ether oxygens (including phenoxy) is 1. The molecule has 1 N–H and O–H groups in total. The van der Waals surface area contributed by atoms with Gasteiger partial charge in [0.25, 0.3) is 0 Å². The van der Waals surface area contributed by atoms with Gasteiger partial charge in [-0.2, -0.15) is 0 Å². The molecule has 3 rings (SSSR count). The van der Waals surface area contributed by atoms with E-state index in [-0.39, 0.29) is 30.5 Å². The Bertz CT molecular complexity index is 1210. The highest BCUT2D eigenvalue weighted by Crippen LogP contribution is 2.26. The van der Waals surface area contributed by atoms with E-state index in [1.165, 1.54) is 5.56 Å². The van der Waals surface area contributed by atoms with Gasteiger partial charge in [-0.25, -0.2) is 9.36 Å². The number of nitrogens with one attached hydrogen (secondary N) is 1. The Morgan fingerprint density at radius 3 is 2.43 bits per heavy atom. The van der Waals surface area contributed by atoms with Crippen LogP contribution in [-0.2, 0) is 16.3 Å². The van der Waals surface area contributed by atoms with Gasteiger partial charge in [0.05, 0.1) is 5.52 Å². The second-order valence-electron chi connectivity index (χ2n) is 11.5. The monoisotopic (exact) mass is 525 g/mol. The van der Waals surface area contributed by atoms with Crippen LogP contribution in [0.1, 0.15) is 43.2 Å². The van der Waals surface area contributed by atoms with Crippen molar-refractivity contribution >= 4 is 25.1 Å². The zero-order valence-corrected chi connectivity index (χ0v) is 24.4. The van der Waals surface area contributed by atoms with Gasteiger partial charge >= 0.3 is 5.76 Å². The van der Waals surface area contributed by atoms with Gasteiger partial charge in [-0.15, -0.1) is 0 Å². The van der Waals surface area contributed by atoms with Crippen LogP contribution in [0.3, 0.4) is 0 Å². The minimum atomic E-state index is -1.19. The summed E-state index contributed by atoms with van der Waals surface area (Å²) in [7, 11) is 2.85. The van der Waals surface area contributed by atoms with Crippen molar-refractivity contribution in [1.29, 1.82) is 0 Å². The molecule has 1 amide bonds. The molecule has 7 nitrogen and oxygen atoms in total. The van der Waals surface area contributed by atoms with Crippen LogP contribution >= 0.6 is 0 Å². The van der Waals surface area contributed by atoms with Crippen LogP contribution < -0.4 is 11.1 Å².